The van der Waals surface area contributed by atoms with Gasteiger partial charge in [-0.1, -0.05) is 83.3 Å². The van der Waals surface area contributed by atoms with Gasteiger partial charge in [-0.25, -0.2) is 4.79 Å². The molecule has 0 aromatic heterocycles. The van der Waals surface area contributed by atoms with Crippen molar-refractivity contribution >= 4 is 73.9 Å². The predicted molar refractivity (Wildman–Crippen MR) is 126 cm³/mol. The molecule has 156 valence electrons. The van der Waals surface area contributed by atoms with Gasteiger partial charge in [0.05, 0.1) is 26.3 Å². The van der Waals surface area contributed by atoms with Crippen molar-refractivity contribution in [3.8, 4) is 0 Å². The zero-order valence-corrected chi connectivity index (χ0v) is 18.6. The Hall–Kier alpha value is -2.79. The Balaban J connectivity index is 1.63. The number of fused-ring (bicyclic) bond motifs is 2. The normalized spacial score (nSPS) is 12.0. The first-order valence-electron chi connectivity index (χ1n) is 9.42. The zero-order chi connectivity index (χ0) is 22.1. The van der Waals surface area contributed by atoms with Crippen LogP contribution in [-0.4, -0.2) is 18.0 Å². The maximum absolute atomic E-state index is 13.1. The van der Waals surface area contributed by atoms with Crippen LogP contribution < -0.4 is 5.32 Å². The predicted octanol–water partition coefficient (Wildman–Crippen LogP) is 7.14. The molecule has 1 unspecified atom stereocenters. The average molecular weight is 473 g/mol. The third-order valence-electron chi connectivity index (χ3n) is 4.90. The van der Waals surface area contributed by atoms with Gasteiger partial charge in [0.1, 0.15) is 0 Å². The van der Waals surface area contributed by atoms with Crippen LogP contribution in [0.4, 0.5) is 5.69 Å². The van der Waals surface area contributed by atoms with E-state index in [0.29, 0.717) is 5.56 Å². The van der Waals surface area contributed by atoms with Gasteiger partial charge in [-0.15, -0.1) is 0 Å². The molecule has 0 aliphatic carbocycles. The number of carbonyl (C=O) groups excluding carboxylic acids is 2. The first kappa shape index (κ1) is 21.4. The molecule has 0 aliphatic heterocycles. The van der Waals surface area contributed by atoms with E-state index in [1.54, 1.807) is 0 Å². The first-order valence-corrected chi connectivity index (χ1v) is 10.6. The van der Waals surface area contributed by atoms with Crippen LogP contribution in [0.2, 0.25) is 15.1 Å². The molecule has 0 radical (unpaired) electrons. The number of carbonyl (C=O) groups is 2. The number of rotatable bonds is 4. The summed E-state index contributed by atoms with van der Waals surface area (Å²) >= 11 is 18.0. The van der Waals surface area contributed by atoms with E-state index < -0.39 is 18.0 Å². The summed E-state index contributed by atoms with van der Waals surface area (Å²) in [6.45, 7) is 1.49. The number of benzene rings is 4. The van der Waals surface area contributed by atoms with E-state index in [0.717, 1.165) is 21.5 Å². The lowest BCUT2D eigenvalue weighted by atomic mass is 9.97. The average Bonchev–Trinajstić information content (AvgIpc) is 2.75. The van der Waals surface area contributed by atoms with Crippen molar-refractivity contribution in [1.82, 2.24) is 0 Å². The Bertz CT molecular complexity index is 1280. The topological polar surface area (TPSA) is 55.4 Å². The molecule has 0 saturated carbocycles. The molecule has 0 fully saturated rings. The summed E-state index contributed by atoms with van der Waals surface area (Å²) < 4.78 is 5.53. The van der Waals surface area contributed by atoms with E-state index in [1.165, 1.54) is 19.1 Å². The molecule has 7 heteroatoms. The number of esters is 1. The van der Waals surface area contributed by atoms with Crippen LogP contribution in [0, 0.1) is 0 Å². The van der Waals surface area contributed by atoms with Crippen molar-refractivity contribution in [3.05, 3.63) is 87.4 Å². The maximum Gasteiger partial charge on any atom is 0.340 e. The molecular weight excluding hydrogens is 457 g/mol. The number of ether oxygens (including phenoxy) is 1. The second-order valence-electron chi connectivity index (χ2n) is 6.98. The highest BCUT2D eigenvalue weighted by Gasteiger charge is 2.23. The molecular formula is C24H16Cl3NO3. The zero-order valence-electron chi connectivity index (χ0n) is 16.3. The molecule has 0 aliphatic rings. The Morgan fingerprint density at radius 3 is 1.97 bits per heavy atom. The Morgan fingerprint density at radius 2 is 1.35 bits per heavy atom. The minimum absolute atomic E-state index is 0.223. The highest BCUT2D eigenvalue weighted by Crippen LogP contribution is 2.33. The van der Waals surface area contributed by atoms with Gasteiger partial charge < -0.3 is 10.1 Å². The van der Waals surface area contributed by atoms with E-state index in [9.17, 15) is 9.59 Å². The molecule has 0 saturated heterocycles. The van der Waals surface area contributed by atoms with Crippen LogP contribution in [0.25, 0.3) is 21.5 Å². The quantitative estimate of drug-likeness (QED) is 0.195. The molecule has 31 heavy (non-hydrogen) atoms. The van der Waals surface area contributed by atoms with Crippen molar-refractivity contribution < 1.29 is 14.3 Å². The van der Waals surface area contributed by atoms with Crippen LogP contribution >= 0.6 is 34.8 Å². The minimum atomic E-state index is -1.07. The summed E-state index contributed by atoms with van der Waals surface area (Å²) in [5.74, 6) is -1.13. The third kappa shape index (κ3) is 4.33. The number of halogens is 3. The van der Waals surface area contributed by atoms with Crippen molar-refractivity contribution in [2.45, 2.75) is 13.0 Å². The van der Waals surface area contributed by atoms with E-state index in [4.69, 9.17) is 39.5 Å². The second-order valence-corrected chi connectivity index (χ2v) is 8.20. The van der Waals surface area contributed by atoms with Crippen LogP contribution in [0.1, 0.15) is 17.3 Å². The highest BCUT2D eigenvalue weighted by atomic mass is 35.5. The van der Waals surface area contributed by atoms with Gasteiger partial charge in [0, 0.05) is 0 Å². The van der Waals surface area contributed by atoms with Gasteiger partial charge in [-0.2, -0.15) is 0 Å². The smallest absolute Gasteiger partial charge is 0.340 e. The number of anilines is 1. The van der Waals surface area contributed by atoms with Gasteiger partial charge in [-0.05, 0) is 46.7 Å². The van der Waals surface area contributed by atoms with Crippen LogP contribution in [0.3, 0.4) is 0 Å². The Labute approximate surface area is 193 Å². The molecule has 1 N–H and O–H groups in total. The van der Waals surface area contributed by atoms with Crippen molar-refractivity contribution in [2.75, 3.05) is 5.32 Å². The van der Waals surface area contributed by atoms with Crippen molar-refractivity contribution in [1.29, 1.82) is 0 Å². The molecule has 4 aromatic carbocycles. The molecule has 4 aromatic rings. The van der Waals surface area contributed by atoms with Gasteiger partial charge in [-0.3, -0.25) is 4.79 Å². The number of amides is 1. The summed E-state index contributed by atoms with van der Waals surface area (Å²) in [7, 11) is 0. The SMILES string of the molecule is CC(OC(=O)c1c2ccccc2cc2ccccc12)C(=O)Nc1cc(Cl)c(Cl)cc1Cl. The minimum Gasteiger partial charge on any atom is -0.449 e. The molecule has 4 rings (SSSR count). The lowest BCUT2D eigenvalue weighted by Crippen LogP contribution is -2.30. The van der Waals surface area contributed by atoms with Crippen molar-refractivity contribution in [3.63, 3.8) is 0 Å². The fourth-order valence-electron chi connectivity index (χ4n) is 3.36. The number of hydrogen-bond acceptors (Lipinski definition) is 3. The number of nitrogens with one attached hydrogen (secondary N) is 1. The number of hydrogen-bond donors (Lipinski definition) is 1. The molecule has 0 bridgehead atoms. The summed E-state index contributed by atoms with van der Waals surface area (Å²) in [4.78, 5) is 25.8. The Morgan fingerprint density at radius 1 is 0.806 bits per heavy atom. The maximum atomic E-state index is 13.1. The fraction of sp³-hybridized carbons (Fsp3) is 0.0833. The lowest BCUT2D eigenvalue weighted by Gasteiger charge is -2.16. The van der Waals surface area contributed by atoms with Crippen LogP contribution in [-0.2, 0) is 9.53 Å². The molecule has 1 atom stereocenters. The van der Waals surface area contributed by atoms with E-state index in [2.05, 4.69) is 5.32 Å². The highest BCUT2D eigenvalue weighted by molar-refractivity contribution is 6.44. The summed E-state index contributed by atoms with van der Waals surface area (Å²) in [6.07, 6.45) is -1.07. The van der Waals surface area contributed by atoms with Gasteiger partial charge in [0.25, 0.3) is 5.91 Å². The van der Waals surface area contributed by atoms with Crippen LogP contribution in [0.15, 0.2) is 66.7 Å². The van der Waals surface area contributed by atoms with Gasteiger partial charge in [0.15, 0.2) is 6.10 Å². The Kier molecular flexibility index (Phi) is 6.05. The van der Waals surface area contributed by atoms with Crippen molar-refractivity contribution in [2.24, 2.45) is 0 Å². The molecule has 1 amide bonds. The van der Waals surface area contributed by atoms with E-state index in [1.807, 2.05) is 54.6 Å². The van der Waals surface area contributed by atoms with E-state index >= 15 is 0 Å². The molecule has 0 spiro atoms. The summed E-state index contributed by atoms with van der Waals surface area (Å²) in [6, 6.07) is 20.0. The third-order valence-corrected chi connectivity index (χ3v) is 5.93. The largest absolute Gasteiger partial charge is 0.449 e. The first-order chi connectivity index (χ1) is 14.8. The second kappa shape index (κ2) is 8.75. The monoisotopic (exact) mass is 471 g/mol. The molecule has 4 nitrogen and oxygen atoms in total. The van der Waals surface area contributed by atoms with Gasteiger partial charge >= 0.3 is 5.97 Å². The standard InChI is InChI=1S/C24H16Cl3NO3/c1-13(23(29)28-21-12-19(26)18(25)11-20(21)27)31-24(30)22-16-8-4-2-6-14(16)10-15-7-3-5-9-17(15)22/h2-13H,1H3,(H,28,29). The van der Waals surface area contributed by atoms with Crippen LogP contribution in [0.5, 0.6) is 0 Å². The molecule has 0 heterocycles. The van der Waals surface area contributed by atoms with E-state index in [-0.39, 0.29) is 20.8 Å². The van der Waals surface area contributed by atoms with Gasteiger partial charge in [0.2, 0.25) is 0 Å². The summed E-state index contributed by atoms with van der Waals surface area (Å²) in [5, 5.41) is 6.69. The lowest BCUT2D eigenvalue weighted by molar-refractivity contribution is -0.123. The summed E-state index contributed by atoms with van der Waals surface area (Å²) in [5.41, 5.74) is 0.695. The fourth-order valence-corrected chi connectivity index (χ4v) is 3.95.